The number of nitrogen functional groups attached to an aromatic ring is 1. The predicted molar refractivity (Wildman–Crippen MR) is 76.4 cm³/mol. The van der Waals surface area contributed by atoms with Gasteiger partial charge in [0, 0.05) is 5.69 Å². The van der Waals surface area contributed by atoms with Crippen molar-refractivity contribution in [2.75, 3.05) is 5.73 Å². The molecule has 2 aromatic rings. The molecule has 0 spiro atoms. The molecule has 2 rings (SSSR count). The zero-order valence-electron chi connectivity index (χ0n) is 10.1. The Morgan fingerprint density at radius 3 is 2.33 bits per heavy atom. The molecule has 18 heavy (non-hydrogen) atoms. The molecule has 0 bridgehead atoms. The highest BCUT2D eigenvalue weighted by Crippen LogP contribution is 2.20. The smallest absolute Gasteiger partial charge is 0.110 e. The van der Waals surface area contributed by atoms with E-state index in [0.29, 0.717) is 11.4 Å². The maximum atomic E-state index is 10.5. The van der Waals surface area contributed by atoms with Gasteiger partial charge in [-0.05, 0) is 41.4 Å². The largest absolute Gasteiger partial charge is 0.399 e. The van der Waals surface area contributed by atoms with Crippen molar-refractivity contribution in [3.8, 4) is 0 Å². The maximum Gasteiger partial charge on any atom is 0.110 e. The van der Waals surface area contributed by atoms with Crippen LogP contribution in [0, 0.1) is 11.8 Å². The monoisotopic (exact) mass is 238 g/mol. The molecule has 0 radical (unpaired) electrons. The van der Waals surface area contributed by atoms with Gasteiger partial charge in [0.1, 0.15) is 5.69 Å². The first-order chi connectivity index (χ1) is 8.67. The molecule has 0 heterocycles. The molecule has 0 amide bonds. The molecule has 0 atom stereocenters. The molecular formula is C15H14N2O. The molecule has 3 nitrogen and oxygen atoms in total. The number of nitrogens with two attached hydrogens (primary N) is 1. The molecule has 0 aliphatic rings. The molecule has 2 aromatic carbocycles. The summed E-state index contributed by atoms with van der Waals surface area (Å²) in [6.07, 6.45) is 3.89. The van der Waals surface area contributed by atoms with E-state index >= 15 is 0 Å². The topological polar surface area (TPSA) is 55.4 Å². The van der Waals surface area contributed by atoms with Gasteiger partial charge < -0.3 is 5.73 Å². The lowest BCUT2D eigenvalue weighted by Crippen LogP contribution is -1.84. The average Bonchev–Trinajstić information content (AvgIpc) is 2.37. The number of rotatable bonds is 3. The van der Waals surface area contributed by atoms with Gasteiger partial charge in [0.2, 0.25) is 0 Å². The van der Waals surface area contributed by atoms with Gasteiger partial charge in [0.25, 0.3) is 0 Å². The fourth-order valence-corrected chi connectivity index (χ4v) is 1.68. The van der Waals surface area contributed by atoms with Crippen molar-refractivity contribution in [2.24, 2.45) is 5.18 Å². The van der Waals surface area contributed by atoms with E-state index in [0.717, 1.165) is 11.1 Å². The van der Waals surface area contributed by atoms with Gasteiger partial charge in [0.15, 0.2) is 0 Å². The lowest BCUT2D eigenvalue weighted by atomic mass is 10.1. The van der Waals surface area contributed by atoms with Crippen LogP contribution in [0.4, 0.5) is 11.4 Å². The molecule has 0 aliphatic heterocycles. The van der Waals surface area contributed by atoms with Crippen LogP contribution in [0.3, 0.4) is 0 Å². The second-order valence-corrected chi connectivity index (χ2v) is 4.19. The normalized spacial score (nSPS) is 10.7. The minimum Gasteiger partial charge on any atom is -0.399 e. The fraction of sp³-hybridized carbons (Fsp3) is 0.0667. The zero-order chi connectivity index (χ0) is 13.0. The number of anilines is 1. The lowest BCUT2D eigenvalue weighted by Gasteiger charge is -1.99. The van der Waals surface area contributed by atoms with Crippen LogP contribution in [0.5, 0.6) is 0 Å². The molecule has 90 valence electrons. The van der Waals surface area contributed by atoms with Crippen LogP contribution < -0.4 is 5.73 Å². The summed E-state index contributed by atoms with van der Waals surface area (Å²) in [7, 11) is 0. The highest BCUT2D eigenvalue weighted by atomic mass is 16.3. The van der Waals surface area contributed by atoms with E-state index in [2.05, 4.69) is 17.3 Å². The van der Waals surface area contributed by atoms with Gasteiger partial charge in [-0.2, -0.15) is 0 Å². The van der Waals surface area contributed by atoms with E-state index in [9.17, 15) is 4.91 Å². The second-order valence-electron chi connectivity index (χ2n) is 4.19. The van der Waals surface area contributed by atoms with Crippen LogP contribution in [-0.4, -0.2) is 0 Å². The molecule has 0 aromatic heterocycles. The van der Waals surface area contributed by atoms with Crippen LogP contribution >= 0.6 is 0 Å². The Hall–Kier alpha value is -2.42. The van der Waals surface area contributed by atoms with Crippen molar-refractivity contribution in [2.45, 2.75) is 6.92 Å². The first kappa shape index (κ1) is 12.0. The second kappa shape index (κ2) is 5.27. The third kappa shape index (κ3) is 3.04. The van der Waals surface area contributed by atoms with Gasteiger partial charge >= 0.3 is 0 Å². The lowest BCUT2D eigenvalue weighted by molar-refractivity contribution is 1.46. The molecule has 0 unspecified atom stereocenters. The van der Waals surface area contributed by atoms with Gasteiger partial charge in [0.05, 0.1) is 0 Å². The Balaban J connectivity index is 2.25. The summed E-state index contributed by atoms with van der Waals surface area (Å²) >= 11 is 0. The molecule has 0 saturated carbocycles. The first-order valence-corrected chi connectivity index (χ1v) is 5.66. The number of nitroso groups, excluding NO2 is 1. The first-order valence-electron chi connectivity index (χ1n) is 5.66. The molecular weight excluding hydrogens is 224 g/mol. The number of hydrogen-bond acceptors (Lipinski definition) is 3. The van der Waals surface area contributed by atoms with E-state index in [-0.39, 0.29) is 0 Å². The molecule has 0 saturated heterocycles. The van der Waals surface area contributed by atoms with Crippen molar-refractivity contribution in [3.63, 3.8) is 0 Å². The summed E-state index contributed by atoms with van der Waals surface area (Å²) in [4.78, 5) is 10.5. The number of hydrogen-bond donors (Lipinski definition) is 1. The Labute approximate surface area is 106 Å². The highest BCUT2D eigenvalue weighted by Gasteiger charge is 1.96. The summed E-state index contributed by atoms with van der Waals surface area (Å²) in [6.45, 7) is 2.05. The van der Waals surface area contributed by atoms with Crippen LogP contribution in [0.15, 0.2) is 47.6 Å². The van der Waals surface area contributed by atoms with Gasteiger partial charge in [-0.3, -0.25) is 0 Å². The van der Waals surface area contributed by atoms with Gasteiger partial charge in [-0.25, -0.2) is 0 Å². The van der Waals surface area contributed by atoms with E-state index in [1.165, 1.54) is 5.56 Å². The van der Waals surface area contributed by atoms with Crippen LogP contribution in [0.25, 0.3) is 12.2 Å². The standard InChI is InChI=1S/C15H14N2O/c1-11-2-4-12(5-3-11)6-7-13-8-14(16)10-15(9-13)17-18/h2-10H,16H2,1H3/b7-6+. The Morgan fingerprint density at radius 2 is 1.67 bits per heavy atom. The van der Waals surface area contributed by atoms with Crippen molar-refractivity contribution >= 4 is 23.5 Å². The number of aryl methyl sites for hydroxylation is 1. The molecule has 3 heteroatoms. The summed E-state index contributed by atoms with van der Waals surface area (Å²) in [5, 5.41) is 2.89. The zero-order valence-corrected chi connectivity index (χ0v) is 10.1. The summed E-state index contributed by atoms with van der Waals surface area (Å²) < 4.78 is 0. The fourth-order valence-electron chi connectivity index (χ4n) is 1.68. The summed E-state index contributed by atoms with van der Waals surface area (Å²) in [6, 6.07) is 13.2. The van der Waals surface area contributed by atoms with Crippen LogP contribution in [-0.2, 0) is 0 Å². The van der Waals surface area contributed by atoms with E-state index in [1.807, 2.05) is 31.2 Å². The van der Waals surface area contributed by atoms with E-state index < -0.39 is 0 Å². The number of benzene rings is 2. The van der Waals surface area contributed by atoms with E-state index in [4.69, 9.17) is 5.73 Å². The summed E-state index contributed by atoms with van der Waals surface area (Å²) in [5.41, 5.74) is 9.77. The number of nitrogens with zero attached hydrogens (tertiary/aromatic N) is 1. The van der Waals surface area contributed by atoms with Gasteiger partial charge in [-0.1, -0.05) is 42.0 Å². The SMILES string of the molecule is Cc1ccc(/C=C/c2cc(N)cc(N=O)c2)cc1. The third-order valence-corrected chi connectivity index (χ3v) is 2.61. The Kier molecular flexibility index (Phi) is 3.53. The predicted octanol–water partition coefficient (Wildman–Crippen LogP) is 4.15. The van der Waals surface area contributed by atoms with E-state index in [1.54, 1.807) is 18.2 Å². The van der Waals surface area contributed by atoms with Crippen molar-refractivity contribution in [1.29, 1.82) is 0 Å². The minimum absolute atomic E-state index is 0.346. The minimum atomic E-state index is 0.346. The molecule has 2 N–H and O–H groups in total. The third-order valence-electron chi connectivity index (χ3n) is 2.61. The van der Waals surface area contributed by atoms with Crippen LogP contribution in [0.1, 0.15) is 16.7 Å². The summed E-state index contributed by atoms with van der Waals surface area (Å²) in [5.74, 6) is 0. The highest BCUT2D eigenvalue weighted by molar-refractivity contribution is 5.73. The maximum absolute atomic E-state index is 10.5. The average molecular weight is 238 g/mol. The Bertz CT molecular complexity index is 586. The van der Waals surface area contributed by atoms with Crippen molar-refractivity contribution in [1.82, 2.24) is 0 Å². The van der Waals surface area contributed by atoms with Gasteiger partial charge in [-0.15, -0.1) is 4.91 Å². The van der Waals surface area contributed by atoms with Crippen LogP contribution in [0.2, 0.25) is 0 Å². The van der Waals surface area contributed by atoms with Crippen molar-refractivity contribution < 1.29 is 0 Å². The Morgan fingerprint density at radius 1 is 1.00 bits per heavy atom. The van der Waals surface area contributed by atoms with Crippen molar-refractivity contribution in [3.05, 3.63) is 64.1 Å². The quantitative estimate of drug-likeness (QED) is 0.496. The molecule has 0 aliphatic carbocycles. The molecule has 0 fully saturated rings.